The number of hydrogen-bond donors (Lipinski definition) is 1. The molecule has 3 rings (SSSR count). The molecule has 0 bridgehead atoms. The van der Waals surface area contributed by atoms with Gasteiger partial charge in [0.2, 0.25) is 0 Å². The average Bonchev–Trinajstić information content (AvgIpc) is 3.02. The van der Waals surface area contributed by atoms with E-state index in [-0.39, 0.29) is 5.91 Å². The number of benzene rings is 1. The molecule has 1 saturated carbocycles. The van der Waals surface area contributed by atoms with Crippen LogP contribution in [0, 0.1) is 0 Å². The molecule has 0 aliphatic heterocycles. The van der Waals surface area contributed by atoms with Gasteiger partial charge in [-0.2, -0.15) is 0 Å². The van der Waals surface area contributed by atoms with E-state index in [9.17, 15) is 9.90 Å². The Morgan fingerprint density at radius 1 is 1.09 bits per heavy atom. The summed E-state index contributed by atoms with van der Waals surface area (Å²) in [5, 5.41) is 10.7. The molecule has 0 spiro atoms. The molecule has 120 valence electrons. The lowest BCUT2D eigenvalue weighted by Crippen LogP contribution is -2.44. The quantitative estimate of drug-likeness (QED) is 0.923. The van der Waals surface area contributed by atoms with E-state index in [0.717, 1.165) is 31.2 Å². The van der Waals surface area contributed by atoms with Crippen LogP contribution >= 0.6 is 0 Å². The first kappa shape index (κ1) is 15.7. The number of carbonyl (C=O) groups is 1. The Balaban J connectivity index is 1.82. The van der Waals surface area contributed by atoms with Crippen molar-refractivity contribution in [1.82, 2.24) is 9.88 Å². The van der Waals surface area contributed by atoms with Crippen LogP contribution in [-0.4, -0.2) is 33.0 Å². The number of carbonyl (C=O) groups excluding carboxylic acids is 1. The first-order valence-electron chi connectivity index (χ1n) is 8.13. The summed E-state index contributed by atoms with van der Waals surface area (Å²) in [6, 6.07) is 15.2. The van der Waals surface area contributed by atoms with E-state index in [1.54, 1.807) is 23.2 Å². The molecule has 1 amide bonds. The van der Waals surface area contributed by atoms with E-state index in [2.05, 4.69) is 4.98 Å². The Kier molecular flexibility index (Phi) is 4.72. The zero-order chi connectivity index (χ0) is 16.1. The molecular formula is C19H22N2O2. The second-order valence-corrected chi connectivity index (χ2v) is 6.29. The highest BCUT2D eigenvalue weighted by Crippen LogP contribution is 2.31. The highest BCUT2D eigenvalue weighted by atomic mass is 16.3. The predicted molar refractivity (Wildman–Crippen MR) is 88.8 cm³/mol. The lowest BCUT2D eigenvalue weighted by atomic mass is 10.0. The average molecular weight is 310 g/mol. The minimum absolute atomic E-state index is 0.130. The third-order valence-corrected chi connectivity index (χ3v) is 4.41. The maximum absolute atomic E-state index is 12.8. The standard InChI is InChI=1S/C19H22N2O2/c22-18(17-10-4-7-13-20-17)21(14-16-8-2-1-3-9-16)15-19(23)11-5-6-12-19/h1-4,7-10,13,23H,5-6,11-12,14-15H2. The summed E-state index contributed by atoms with van der Waals surface area (Å²) < 4.78 is 0. The van der Waals surface area contributed by atoms with Gasteiger partial charge in [-0.1, -0.05) is 49.2 Å². The highest BCUT2D eigenvalue weighted by Gasteiger charge is 2.35. The molecule has 0 radical (unpaired) electrons. The van der Waals surface area contributed by atoms with Crippen molar-refractivity contribution < 1.29 is 9.90 Å². The second kappa shape index (κ2) is 6.92. The van der Waals surface area contributed by atoms with Crippen molar-refractivity contribution in [2.24, 2.45) is 0 Å². The first-order valence-corrected chi connectivity index (χ1v) is 8.13. The lowest BCUT2D eigenvalue weighted by Gasteiger charge is -2.31. The van der Waals surface area contributed by atoms with Crippen molar-refractivity contribution >= 4 is 5.91 Å². The topological polar surface area (TPSA) is 53.4 Å². The Labute approximate surface area is 136 Å². The predicted octanol–water partition coefficient (Wildman–Crippen LogP) is 3.03. The fourth-order valence-corrected chi connectivity index (χ4v) is 3.20. The molecule has 1 aliphatic carbocycles. The second-order valence-electron chi connectivity index (χ2n) is 6.29. The van der Waals surface area contributed by atoms with Crippen LogP contribution in [0.1, 0.15) is 41.7 Å². The van der Waals surface area contributed by atoms with Gasteiger partial charge in [-0.05, 0) is 30.5 Å². The van der Waals surface area contributed by atoms with Crippen LogP contribution in [0.3, 0.4) is 0 Å². The molecule has 1 aromatic heterocycles. The number of aromatic nitrogens is 1. The number of hydrogen-bond acceptors (Lipinski definition) is 3. The molecule has 23 heavy (non-hydrogen) atoms. The number of pyridine rings is 1. The van der Waals surface area contributed by atoms with Gasteiger partial charge in [-0.3, -0.25) is 9.78 Å². The van der Waals surface area contributed by atoms with E-state index < -0.39 is 5.60 Å². The zero-order valence-corrected chi connectivity index (χ0v) is 13.2. The van der Waals surface area contributed by atoms with Crippen LogP contribution in [0.5, 0.6) is 0 Å². The van der Waals surface area contributed by atoms with E-state index in [4.69, 9.17) is 0 Å². The van der Waals surface area contributed by atoms with Crippen LogP contribution in [-0.2, 0) is 6.54 Å². The van der Waals surface area contributed by atoms with Gasteiger partial charge in [0, 0.05) is 12.7 Å². The van der Waals surface area contributed by atoms with E-state index in [1.807, 2.05) is 36.4 Å². The summed E-state index contributed by atoms with van der Waals surface area (Å²) in [7, 11) is 0. The Morgan fingerprint density at radius 2 is 1.78 bits per heavy atom. The zero-order valence-electron chi connectivity index (χ0n) is 13.2. The molecule has 1 aromatic carbocycles. The maximum Gasteiger partial charge on any atom is 0.272 e. The van der Waals surface area contributed by atoms with Gasteiger partial charge >= 0.3 is 0 Å². The monoisotopic (exact) mass is 310 g/mol. The van der Waals surface area contributed by atoms with Crippen LogP contribution in [0.4, 0.5) is 0 Å². The molecule has 1 heterocycles. The number of nitrogens with zero attached hydrogens (tertiary/aromatic N) is 2. The van der Waals surface area contributed by atoms with Crippen molar-refractivity contribution in [3.8, 4) is 0 Å². The van der Waals surface area contributed by atoms with Gasteiger partial charge in [0.05, 0.1) is 12.1 Å². The third-order valence-electron chi connectivity index (χ3n) is 4.41. The van der Waals surface area contributed by atoms with E-state index in [0.29, 0.717) is 18.8 Å². The largest absolute Gasteiger partial charge is 0.388 e. The summed E-state index contributed by atoms with van der Waals surface area (Å²) in [4.78, 5) is 18.7. The number of aliphatic hydroxyl groups is 1. The molecule has 4 heteroatoms. The lowest BCUT2D eigenvalue weighted by molar-refractivity contribution is 0.00764. The van der Waals surface area contributed by atoms with Crippen LogP contribution in [0.15, 0.2) is 54.7 Å². The van der Waals surface area contributed by atoms with Crippen molar-refractivity contribution in [1.29, 1.82) is 0 Å². The van der Waals surface area contributed by atoms with Crippen LogP contribution in [0.2, 0.25) is 0 Å². The Bertz CT molecular complexity index is 637. The van der Waals surface area contributed by atoms with Crippen molar-refractivity contribution in [2.75, 3.05) is 6.54 Å². The van der Waals surface area contributed by atoms with Gasteiger partial charge in [0.1, 0.15) is 5.69 Å². The summed E-state index contributed by atoms with van der Waals surface area (Å²) in [5.41, 5.74) is 0.711. The minimum atomic E-state index is -0.765. The minimum Gasteiger partial charge on any atom is -0.388 e. The summed E-state index contributed by atoms with van der Waals surface area (Å²) in [6.07, 6.45) is 5.18. The fraction of sp³-hybridized carbons (Fsp3) is 0.368. The SMILES string of the molecule is O=C(c1ccccn1)N(Cc1ccccc1)CC1(O)CCCC1. The van der Waals surface area contributed by atoms with E-state index in [1.165, 1.54) is 0 Å². The van der Waals surface area contributed by atoms with Gasteiger partial charge in [0.25, 0.3) is 5.91 Å². The molecule has 1 aliphatic rings. The summed E-state index contributed by atoms with van der Waals surface area (Å²) >= 11 is 0. The number of amides is 1. The molecular weight excluding hydrogens is 288 g/mol. The van der Waals surface area contributed by atoms with Gasteiger partial charge < -0.3 is 10.0 Å². The molecule has 1 fully saturated rings. The van der Waals surface area contributed by atoms with Gasteiger partial charge in [-0.25, -0.2) is 0 Å². The molecule has 2 aromatic rings. The number of rotatable bonds is 5. The van der Waals surface area contributed by atoms with Crippen molar-refractivity contribution in [2.45, 2.75) is 37.8 Å². The Morgan fingerprint density at radius 3 is 2.43 bits per heavy atom. The normalized spacial score (nSPS) is 16.2. The molecule has 0 atom stereocenters. The molecule has 1 N–H and O–H groups in total. The van der Waals surface area contributed by atoms with Crippen LogP contribution < -0.4 is 0 Å². The van der Waals surface area contributed by atoms with Gasteiger partial charge in [0.15, 0.2) is 0 Å². The van der Waals surface area contributed by atoms with E-state index >= 15 is 0 Å². The smallest absolute Gasteiger partial charge is 0.272 e. The first-order chi connectivity index (χ1) is 11.2. The summed E-state index contributed by atoms with van der Waals surface area (Å²) in [5.74, 6) is -0.130. The summed E-state index contributed by atoms with van der Waals surface area (Å²) in [6.45, 7) is 0.843. The fourth-order valence-electron chi connectivity index (χ4n) is 3.20. The van der Waals surface area contributed by atoms with Crippen molar-refractivity contribution in [3.05, 3.63) is 66.0 Å². The molecule has 0 saturated heterocycles. The highest BCUT2D eigenvalue weighted by molar-refractivity contribution is 5.92. The Hall–Kier alpha value is -2.20. The molecule has 0 unspecified atom stereocenters. The van der Waals surface area contributed by atoms with Crippen molar-refractivity contribution in [3.63, 3.8) is 0 Å². The molecule has 4 nitrogen and oxygen atoms in total. The third kappa shape index (κ3) is 3.96. The van der Waals surface area contributed by atoms with Gasteiger partial charge in [-0.15, -0.1) is 0 Å². The maximum atomic E-state index is 12.8. The van der Waals surface area contributed by atoms with Crippen LogP contribution in [0.25, 0.3) is 0 Å².